The Kier molecular flexibility index (Phi) is 8.33. The normalized spacial score (nSPS) is 15.3. The van der Waals surface area contributed by atoms with Crippen molar-refractivity contribution in [3.8, 4) is 11.3 Å². The highest BCUT2D eigenvalue weighted by atomic mass is 35.5. The zero-order chi connectivity index (χ0) is 24.9. The molecule has 9 nitrogen and oxygen atoms in total. The van der Waals surface area contributed by atoms with Crippen LogP contribution in [0.4, 0.5) is 4.79 Å². The predicted molar refractivity (Wildman–Crippen MR) is 130 cm³/mol. The van der Waals surface area contributed by atoms with Crippen molar-refractivity contribution in [3.05, 3.63) is 40.5 Å². The molecule has 1 aliphatic rings. The van der Waals surface area contributed by atoms with Crippen molar-refractivity contribution in [2.45, 2.75) is 57.6 Å². The molecule has 0 radical (unpaired) electrons. The van der Waals surface area contributed by atoms with E-state index in [0.29, 0.717) is 34.7 Å². The standard InChI is InChI=1S/C24H32ClN5O4/c1-16-12-20(28-30(16)14-21(31)29(3)23(33)26-2)17-8-9-19(25)18(13-17)22(32)27-15-24(34)10-6-4-5-7-11-24/h8-9,12-13,34H,4-7,10-11,14-15H2,1-3H3,(H,26,33)(H,27,32). The Balaban J connectivity index is 1.74. The minimum absolute atomic E-state index is 0.102. The fraction of sp³-hybridized carbons (Fsp3) is 0.500. The number of carbonyl (C=O) groups excluding carboxylic acids is 3. The smallest absolute Gasteiger partial charge is 0.323 e. The number of imide groups is 1. The number of hydrogen-bond acceptors (Lipinski definition) is 5. The molecule has 1 aliphatic carbocycles. The molecule has 1 aromatic carbocycles. The van der Waals surface area contributed by atoms with Gasteiger partial charge in [-0.25, -0.2) is 4.79 Å². The second-order valence-electron chi connectivity index (χ2n) is 8.85. The third-order valence-electron chi connectivity index (χ3n) is 6.28. The summed E-state index contributed by atoms with van der Waals surface area (Å²) in [5.41, 5.74) is 1.36. The van der Waals surface area contributed by atoms with Crippen molar-refractivity contribution in [1.82, 2.24) is 25.3 Å². The number of amides is 4. The lowest BCUT2D eigenvalue weighted by Gasteiger charge is -2.26. The fourth-order valence-electron chi connectivity index (χ4n) is 4.09. The zero-order valence-electron chi connectivity index (χ0n) is 19.9. The summed E-state index contributed by atoms with van der Waals surface area (Å²) in [6.07, 6.45) is 5.45. The summed E-state index contributed by atoms with van der Waals surface area (Å²) < 4.78 is 1.51. The van der Waals surface area contributed by atoms with Crippen LogP contribution in [0.15, 0.2) is 24.3 Å². The molecule has 0 atom stereocenters. The average molecular weight is 490 g/mol. The summed E-state index contributed by atoms with van der Waals surface area (Å²) in [5.74, 6) is -0.771. The molecule has 0 bridgehead atoms. The van der Waals surface area contributed by atoms with E-state index in [1.54, 1.807) is 31.2 Å². The van der Waals surface area contributed by atoms with Gasteiger partial charge in [-0.1, -0.05) is 43.4 Å². The number of benzene rings is 1. The molecule has 0 saturated heterocycles. The van der Waals surface area contributed by atoms with Crippen molar-refractivity contribution in [1.29, 1.82) is 0 Å². The van der Waals surface area contributed by atoms with Crippen LogP contribution in [0.3, 0.4) is 0 Å². The van der Waals surface area contributed by atoms with E-state index in [1.807, 2.05) is 0 Å². The molecule has 0 unspecified atom stereocenters. The van der Waals surface area contributed by atoms with E-state index >= 15 is 0 Å². The van der Waals surface area contributed by atoms with E-state index in [1.165, 1.54) is 18.8 Å². The fourth-order valence-corrected chi connectivity index (χ4v) is 4.29. The molecule has 3 rings (SSSR count). The molecule has 2 aromatic rings. The third-order valence-corrected chi connectivity index (χ3v) is 6.61. The van der Waals surface area contributed by atoms with Gasteiger partial charge in [0.1, 0.15) is 6.54 Å². The van der Waals surface area contributed by atoms with Crippen LogP contribution in [0, 0.1) is 6.92 Å². The monoisotopic (exact) mass is 489 g/mol. The predicted octanol–water partition coefficient (Wildman–Crippen LogP) is 3.12. The number of carbonyl (C=O) groups is 3. The first-order valence-corrected chi connectivity index (χ1v) is 11.8. The number of aryl methyl sites for hydroxylation is 1. The topological polar surface area (TPSA) is 117 Å². The summed E-state index contributed by atoms with van der Waals surface area (Å²) in [6.45, 7) is 1.89. The number of halogens is 1. The first kappa shape index (κ1) is 25.7. The van der Waals surface area contributed by atoms with Crippen molar-refractivity contribution in [3.63, 3.8) is 0 Å². The molecule has 1 saturated carbocycles. The molecule has 4 amide bonds. The minimum Gasteiger partial charge on any atom is -0.388 e. The van der Waals surface area contributed by atoms with Crippen LogP contribution in [0.5, 0.6) is 0 Å². The Morgan fingerprint density at radius 1 is 1.18 bits per heavy atom. The van der Waals surface area contributed by atoms with Crippen molar-refractivity contribution < 1.29 is 19.5 Å². The number of nitrogens with one attached hydrogen (secondary N) is 2. The van der Waals surface area contributed by atoms with Gasteiger partial charge in [0.05, 0.1) is 21.9 Å². The lowest BCUT2D eigenvalue weighted by Crippen LogP contribution is -2.42. The second-order valence-corrected chi connectivity index (χ2v) is 9.26. The number of aromatic nitrogens is 2. The van der Waals surface area contributed by atoms with Gasteiger partial charge in [0.25, 0.3) is 11.8 Å². The molecular weight excluding hydrogens is 458 g/mol. The Morgan fingerprint density at radius 2 is 1.85 bits per heavy atom. The number of aliphatic hydroxyl groups is 1. The molecule has 3 N–H and O–H groups in total. The van der Waals surface area contributed by atoms with Crippen LogP contribution in [0.2, 0.25) is 5.02 Å². The first-order chi connectivity index (χ1) is 16.1. The number of urea groups is 1. The maximum absolute atomic E-state index is 12.9. The van der Waals surface area contributed by atoms with Gasteiger partial charge in [0.2, 0.25) is 0 Å². The summed E-state index contributed by atoms with van der Waals surface area (Å²) in [5, 5.41) is 20.9. The molecule has 34 heavy (non-hydrogen) atoms. The lowest BCUT2D eigenvalue weighted by atomic mass is 9.94. The van der Waals surface area contributed by atoms with E-state index in [2.05, 4.69) is 15.7 Å². The summed E-state index contributed by atoms with van der Waals surface area (Å²) >= 11 is 6.31. The number of rotatable bonds is 6. The third kappa shape index (κ3) is 6.15. The van der Waals surface area contributed by atoms with Crippen molar-refractivity contribution >= 4 is 29.4 Å². The SMILES string of the molecule is CNC(=O)N(C)C(=O)Cn1nc(-c2ccc(Cl)c(C(=O)NCC3(O)CCCCCC3)c2)cc1C. The van der Waals surface area contributed by atoms with E-state index in [-0.39, 0.29) is 19.0 Å². The minimum atomic E-state index is -0.888. The van der Waals surface area contributed by atoms with Gasteiger partial charge >= 0.3 is 6.03 Å². The van der Waals surface area contributed by atoms with Crippen molar-refractivity contribution in [2.75, 3.05) is 20.6 Å². The molecule has 1 fully saturated rings. The Labute approximate surface area is 204 Å². The number of likely N-dealkylation sites (N-methyl/N-ethyl adjacent to an activating group) is 1. The van der Waals surface area contributed by atoms with Crippen LogP contribution in [0.25, 0.3) is 11.3 Å². The van der Waals surface area contributed by atoms with Crippen LogP contribution in [-0.4, -0.2) is 63.9 Å². The molecule has 1 aromatic heterocycles. The highest BCUT2D eigenvalue weighted by Crippen LogP contribution is 2.28. The molecule has 0 spiro atoms. The Bertz CT molecular complexity index is 1060. The molecule has 184 valence electrons. The maximum Gasteiger partial charge on any atom is 0.323 e. The highest BCUT2D eigenvalue weighted by Gasteiger charge is 2.29. The van der Waals surface area contributed by atoms with Gasteiger partial charge in [0.15, 0.2) is 0 Å². The molecule has 1 heterocycles. The van der Waals surface area contributed by atoms with E-state index < -0.39 is 17.5 Å². The maximum atomic E-state index is 12.9. The Morgan fingerprint density at radius 3 is 2.50 bits per heavy atom. The van der Waals surface area contributed by atoms with E-state index in [0.717, 1.165) is 36.3 Å². The Hall–Kier alpha value is -2.91. The lowest BCUT2D eigenvalue weighted by molar-refractivity contribution is -0.128. The van der Waals surface area contributed by atoms with Gasteiger partial charge in [0, 0.05) is 31.9 Å². The second kappa shape index (κ2) is 11.0. The van der Waals surface area contributed by atoms with Crippen LogP contribution in [0.1, 0.15) is 54.6 Å². The molecular formula is C24H32ClN5O4. The van der Waals surface area contributed by atoms with Gasteiger partial charge in [-0.2, -0.15) is 5.10 Å². The number of hydrogen-bond donors (Lipinski definition) is 3. The van der Waals surface area contributed by atoms with E-state index in [4.69, 9.17) is 11.6 Å². The van der Waals surface area contributed by atoms with E-state index in [9.17, 15) is 19.5 Å². The van der Waals surface area contributed by atoms with Crippen LogP contribution >= 0.6 is 11.6 Å². The van der Waals surface area contributed by atoms with Crippen molar-refractivity contribution in [2.24, 2.45) is 0 Å². The van der Waals surface area contributed by atoms with Gasteiger partial charge in [-0.3, -0.25) is 19.2 Å². The first-order valence-electron chi connectivity index (χ1n) is 11.5. The molecule has 10 heteroatoms. The highest BCUT2D eigenvalue weighted by molar-refractivity contribution is 6.34. The quantitative estimate of drug-likeness (QED) is 0.539. The average Bonchev–Trinajstić information content (AvgIpc) is 3.04. The van der Waals surface area contributed by atoms with Crippen LogP contribution < -0.4 is 10.6 Å². The van der Waals surface area contributed by atoms with Gasteiger partial charge < -0.3 is 15.7 Å². The summed E-state index contributed by atoms with van der Waals surface area (Å²) in [4.78, 5) is 37.9. The summed E-state index contributed by atoms with van der Waals surface area (Å²) in [6, 6.07) is 6.33. The largest absolute Gasteiger partial charge is 0.388 e. The van der Waals surface area contributed by atoms with Gasteiger partial charge in [-0.15, -0.1) is 0 Å². The zero-order valence-corrected chi connectivity index (χ0v) is 20.6. The summed E-state index contributed by atoms with van der Waals surface area (Å²) in [7, 11) is 2.85. The molecule has 0 aliphatic heterocycles. The number of nitrogens with zero attached hydrogens (tertiary/aromatic N) is 3. The van der Waals surface area contributed by atoms with Gasteiger partial charge in [-0.05, 0) is 38.0 Å². The van der Waals surface area contributed by atoms with Crippen LogP contribution in [-0.2, 0) is 11.3 Å².